The average molecular weight is 432 g/mol. The van der Waals surface area contributed by atoms with Crippen molar-refractivity contribution in [1.82, 2.24) is 5.32 Å². The van der Waals surface area contributed by atoms with E-state index in [2.05, 4.69) is 20.8 Å². The number of halogens is 2. The van der Waals surface area contributed by atoms with Crippen LogP contribution in [-0.2, 0) is 9.59 Å². The highest BCUT2D eigenvalue weighted by Gasteiger charge is 2.30. The van der Waals surface area contributed by atoms with Gasteiger partial charge in [0.2, 0.25) is 11.8 Å². The molecule has 156 valence electrons. The zero-order chi connectivity index (χ0) is 21.7. The van der Waals surface area contributed by atoms with Crippen LogP contribution < -0.4 is 15.4 Å². The van der Waals surface area contributed by atoms with Crippen LogP contribution in [0.1, 0.15) is 18.9 Å². The van der Waals surface area contributed by atoms with E-state index >= 15 is 0 Å². The third kappa shape index (κ3) is 5.20. The van der Waals surface area contributed by atoms with E-state index in [4.69, 9.17) is 4.74 Å². The molecule has 7 nitrogen and oxygen atoms in total. The van der Waals surface area contributed by atoms with Gasteiger partial charge in [0.25, 0.3) is 0 Å². The topological polar surface area (TPSA) is 92.2 Å². The average Bonchev–Trinajstić information content (AvgIpc) is 2.73. The Hall–Kier alpha value is -3.27. The lowest BCUT2D eigenvalue weighted by atomic mass is 10.1. The van der Waals surface area contributed by atoms with Crippen molar-refractivity contribution in [3.63, 3.8) is 0 Å². The van der Waals surface area contributed by atoms with Crippen molar-refractivity contribution in [3.8, 4) is 5.75 Å². The minimum atomic E-state index is -0.800. The Balaban J connectivity index is 1.72. The number of nitrogens with one attached hydrogen (secondary N) is 2. The largest absolute Gasteiger partial charge is 0.494 e. The fourth-order valence-corrected chi connectivity index (χ4v) is 3.52. The van der Waals surface area contributed by atoms with Gasteiger partial charge in [-0.25, -0.2) is 8.78 Å². The maximum Gasteiger partial charge on any atom is 0.238 e. The molecule has 2 aromatic rings. The highest BCUT2D eigenvalue weighted by molar-refractivity contribution is 8.15. The molecule has 1 heterocycles. The first-order chi connectivity index (χ1) is 14.4. The molecule has 1 atom stereocenters. The Kier molecular flexibility index (Phi) is 6.78. The third-order valence-corrected chi connectivity index (χ3v) is 5.23. The summed E-state index contributed by atoms with van der Waals surface area (Å²) in [6.45, 7) is 1.63. The number of ether oxygens (including phenoxy) is 1. The number of rotatable bonds is 5. The lowest BCUT2D eigenvalue weighted by Gasteiger charge is -2.21. The van der Waals surface area contributed by atoms with Gasteiger partial charge in [0.1, 0.15) is 11.1 Å². The molecule has 0 radical (unpaired) electrons. The normalized spacial score (nSPS) is 18.1. The summed E-state index contributed by atoms with van der Waals surface area (Å²) in [5, 5.41) is 12.3. The predicted octanol–water partition coefficient (Wildman–Crippen LogP) is 3.31. The fraction of sp³-hybridized carbons (Fsp3) is 0.200. The molecule has 0 aromatic heterocycles. The van der Waals surface area contributed by atoms with E-state index in [-0.39, 0.29) is 23.0 Å². The van der Waals surface area contributed by atoms with E-state index in [0.29, 0.717) is 11.3 Å². The van der Waals surface area contributed by atoms with Crippen molar-refractivity contribution in [2.45, 2.75) is 18.6 Å². The van der Waals surface area contributed by atoms with Gasteiger partial charge < -0.3 is 15.4 Å². The first kappa shape index (κ1) is 21.4. The summed E-state index contributed by atoms with van der Waals surface area (Å²) in [5.41, 5.74) is 0.915. The van der Waals surface area contributed by atoms with Crippen molar-refractivity contribution in [2.24, 2.45) is 10.2 Å². The summed E-state index contributed by atoms with van der Waals surface area (Å²) < 4.78 is 32.5. The number of methoxy groups -OCH3 is 1. The van der Waals surface area contributed by atoms with Gasteiger partial charge in [-0.15, -0.1) is 5.10 Å². The van der Waals surface area contributed by atoms with Gasteiger partial charge in [0.15, 0.2) is 16.7 Å². The summed E-state index contributed by atoms with van der Waals surface area (Å²) in [6, 6.07) is 10.1. The lowest BCUT2D eigenvalue weighted by molar-refractivity contribution is -0.123. The Morgan fingerprint density at radius 1 is 1.23 bits per heavy atom. The molecule has 1 aliphatic rings. The van der Waals surface area contributed by atoms with Crippen LogP contribution in [0.15, 0.2) is 52.7 Å². The fourth-order valence-electron chi connectivity index (χ4n) is 2.58. The Morgan fingerprint density at radius 3 is 2.70 bits per heavy atom. The molecular weight excluding hydrogens is 414 g/mol. The first-order valence-electron chi connectivity index (χ1n) is 8.85. The van der Waals surface area contributed by atoms with Crippen LogP contribution in [0.25, 0.3) is 0 Å². The zero-order valence-corrected chi connectivity index (χ0v) is 16.9. The first-order valence-corrected chi connectivity index (χ1v) is 9.73. The number of hydrogen-bond acceptors (Lipinski definition) is 6. The van der Waals surface area contributed by atoms with Crippen LogP contribution in [0.3, 0.4) is 0 Å². The van der Waals surface area contributed by atoms with Gasteiger partial charge in [-0.05, 0) is 37.3 Å². The quantitative estimate of drug-likeness (QED) is 0.560. The molecule has 3 rings (SSSR count). The molecule has 0 saturated carbocycles. The van der Waals surface area contributed by atoms with E-state index in [9.17, 15) is 18.4 Å². The summed E-state index contributed by atoms with van der Waals surface area (Å²) in [6.07, 6.45) is -0.0869. The van der Waals surface area contributed by atoms with E-state index in [1.807, 2.05) is 0 Å². The number of nitrogens with zero attached hydrogens (tertiary/aromatic N) is 2. The number of benzene rings is 2. The monoisotopic (exact) mass is 432 g/mol. The highest BCUT2D eigenvalue weighted by atomic mass is 32.2. The maximum absolute atomic E-state index is 13.9. The van der Waals surface area contributed by atoms with Gasteiger partial charge >= 0.3 is 0 Å². The number of hydrogen-bond donors (Lipinski definition) is 2. The molecule has 1 fully saturated rings. The number of carbonyl (C=O) groups is 2. The van der Waals surface area contributed by atoms with Gasteiger partial charge in [-0.3, -0.25) is 9.59 Å². The molecule has 0 bridgehead atoms. The van der Waals surface area contributed by atoms with E-state index in [0.717, 1.165) is 11.8 Å². The Morgan fingerprint density at radius 2 is 2.00 bits per heavy atom. The molecule has 0 unspecified atom stereocenters. The number of amides is 2. The molecule has 10 heteroatoms. The van der Waals surface area contributed by atoms with Crippen molar-refractivity contribution >= 4 is 40.1 Å². The van der Waals surface area contributed by atoms with Crippen molar-refractivity contribution < 1.29 is 23.1 Å². The van der Waals surface area contributed by atoms with Crippen molar-refractivity contribution in [2.75, 3.05) is 12.4 Å². The summed E-state index contributed by atoms with van der Waals surface area (Å²) in [4.78, 5) is 24.4. The summed E-state index contributed by atoms with van der Waals surface area (Å²) in [5.74, 6) is -1.94. The standard InChI is InChI=1S/C20H18F2N4O3S/c1-11(12-7-8-16(29-2)14(22)9-12)25-26-20-24-18(27)10-17(30-20)19(28)23-15-6-4-3-5-13(15)21/h3-9,17H,10H2,1-2H3,(H,23,28)(H,24,26,27)/b25-11-/t17-/m0/s1. The number of thioether (sulfide) groups is 1. The number of para-hydroxylation sites is 1. The van der Waals surface area contributed by atoms with E-state index in [1.165, 1.54) is 37.4 Å². The second kappa shape index (κ2) is 9.49. The summed E-state index contributed by atoms with van der Waals surface area (Å²) in [7, 11) is 1.37. The summed E-state index contributed by atoms with van der Waals surface area (Å²) >= 11 is 0.997. The van der Waals surface area contributed by atoms with Gasteiger partial charge in [0.05, 0.1) is 18.5 Å². The van der Waals surface area contributed by atoms with Gasteiger partial charge in [0, 0.05) is 12.0 Å². The molecule has 1 aliphatic heterocycles. The van der Waals surface area contributed by atoms with E-state index < -0.39 is 28.7 Å². The van der Waals surface area contributed by atoms with Crippen LogP contribution in [0, 0.1) is 11.6 Å². The van der Waals surface area contributed by atoms with Crippen LogP contribution in [0.2, 0.25) is 0 Å². The molecular formula is C20H18F2N4O3S. The Bertz CT molecular complexity index is 1040. The van der Waals surface area contributed by atoms with Gasteiger partial charge in [-0.2, -0.15) is 5.10 Å². The zero-order valence-electron chi connectivity index (χ0n) is 16.1. The van der Waals surface area contributed by atoms with Crippen LogP contribution in [-0.4, -0.2) is 35.1 Å². The molecule has 2 N–H and O–H groups in total. The molecule has 30 heavy (non-hydrogen) atoms. The minimum Gasteiger partial charge on any atom is -0.494 e. The molecule has 0 aliphatic carbocycles. The molecule has 2 amide bonds. The number of amidine groups is 1. The van der Waals surface area contributed by atoms with Crippen LogP contribution >= 0.6 is 11.8 Å². The van der Waals surface area contributed by atoms with Crippen molar-refractivity contribution in [3.05, 3.63) is 59.7 Å². The van der Waals surface area contributed by atoms with Crippen LogP contribution in [0.5, 0.6) is 5.75 Å². The second-order valence-electron chi connectivity index (χ2n) is 6.27. The Labute approximate surface area is 175 Å². The number of carbonyl (C=O) groups excluding carboxylic acids is 2. The smallest absolute Gasteiger partial charge is 0.238 e. The van der Waals surface area contributed by atoms with Crippen LogP contribution in [0.4, 0.5) is 14.5 Å². The van der Waals surface area contributed by atoms with E-state index in [1.54, 1.807) is 19.1 Å². The molecule has 0 spiro atoms. The molecule has 1 saturated heterocycles. The lowest BCUT2D eigenvalue weighted by Crippen LogP contribution is -2.42. The minimum absolute atomic E-state index is 0.0305. The third-order valence-electron chi connectivity index (χ3n) is 4.16. The highest BCUT2D eigenvalue weighted by Crippen LogP contribution is 2.24. The predicted molar refractivity (Wildman–Crippen MR) is 112 cm³/mol. The van der Waals surface area contributed by atoms with Gasteiger partial charge in [-0.1, -0.05) is 23.9 Å². The SMILES string of the molecule is COc1ccc(/C(C)=N\N=C2\NC(=O)C[C@@H](C(=O)Nc3ccccc3F)S2)cc1F. The van der Waals surface area contributed by atoms with Crippen molar-refractivity contribution in [1.29, 1.82) is 0 Å². The number of anilines is 1. The second-order valence-corrected chi connectivity index (χ2v) is 7.46. The maximum atomic E-state index is 13.9. The molecule has 2 aromatic carbocycles.